The van der Waals surface area contributed by atoms with E-state index in [1.54, 1.807) is 0 Å². The molecule has 10 heteroatoms. The summed E-state index contributed by atoms with van der Waals surface area (Å²) in [6.45, 7) is 3.63. The Morgan fingerprint density at radius 2 is 1.92 bits per heavy atom. The van der Waals surface area contributed by atoms with Gasteiger partial charge in [-0.25, -0.2) is 4.79 Å². The van der Waals surface area contributed by atoms with Crippen LogP contribution in [0.5, 0.6) is 0 Å². The highest BCUT2D eigenvalue weighted by atomic mass is 35.5. The van der Waals surface area contributed by atoms with Crippen molar-refractivity contribution in [1.29, 1.82) is 0 Å². The van der Waals surface area contributed by atoms with Crippen LogP contribution in [0.15, 0.2) is 0 Å². The molecule has 0 aliphatic carbocycles. The third-order valence-corrected chi connectivity index (χ3v) is 4.48. The van der Waals surface area contributed by atoms with Gasteiger partial charge in [0.25, 0.3) is 0 Å². The van der Waals surface area contributed by atoms with Gasteiger partial charge in [-0.05, 0) is 24.4 Å². The molecule has 1 aromatic heterocycles. The van der Waals surface area contributed by atoms with Crippen molar-refractivity contribution in [1.82, 2.24) is 14.9 Å². The van der Waals surface area contributed by atoms with E-state index in [2.05, 4.69) is 15.3 Å². The lowest BCUT2D eigenvalue weighted by Gasteiger charge is -2.32. The average molecular weight is 357 g/mol. The molecule has 0 atom stereocenters. The van der Waals surface area contributed by atoms with Gasteiger partial charge in [-0.3, -0.25) is 0 Å². The minimum Gasteiger partial charge on any atom is -0.465 e. The lowest BCUT2D eigenvalue weighted by atomic mass is 10.1. The zero-order chi connectivity index (χ0) is 17.1. The summed E-state index contributed by atoms with van der Waals surface area (Å²) in [4.78, 5) is 22.9. The lowest BCUT2D eigenvalue weighted by molar-refractivity contribution is 0.122. The third-order valence-electron chi connectivity index (χ3n) is 4.32. The van der Waals surface area contributed by atoms with Crippen LogP contribution in [0.25, 0.3) is 0 Å². The summed E-state index contributed by atoms with van der Waals surface area (Å²) in [6.07, 6.45) is 0.508. The predicted octanol–water partition coefficient (Wildman–Crippen LogP) is 1.10. The third kappa shape index (κ3) is 3.73. The van der Waals surface area contributed by atoms with Crippen LogP contribution in [0.1, 0.15) is 12.8 Å². The molecule has 0 spiro atoms. The number of carboxylic acid groups (broad SMARTS) is 1. The fourth-order valence-electron chi connectivity index (χ4n) is 2.97. The highest BCUT2D eigenvalue weighted by molar-refractivity contribution is 6.28. The molecule has 0 radical (unpaired) electrons. The molecule has 1 aromatic rings. The Hall–Kier alpha value is -2.00. The zero-order valence-electron chi connectivity index (χ0n) is 13.2. The first-order chi connectivity index (χ1) is 11.5. The molecule has 0 unspecified atom stereocenters. The van der Waals surface area contributed by atoms with E-state index >= 15 is 0 Å². The molecule has 2 aliphatic rings. The van der Waals surface area contributed by atoms with Crippen LogP contribution in [0.3, 0.4) is 0 Å². The molecule has 2 aliphatic heterocycles. The molecule has 9 nitrogen and oxygen atoms in total. The Bertz CT molecular complexity index is 602. The van der Waals surface area contributed by atoms with Crippen LogP contribution in [-0.4, -0.2) is 71.5 Å². The molecule has 132 valence electrons. The monoisotopic (exact) mass is 356 g/mol. The van der Waals surface area contributed by atoms with Gasteiger partial charge in [0.1, 0.15) is 5.69 Å². The largest absolute Gasteiger partial charge is 0.465 e. The first kappa shape index (κ1) is 16.8. The van der Waals surface area contributed by atoms with Crippen LogP contribution in [0, 0.1) is 0 Å². The van der Waals surface area contributed by atoms with Gasteiger partial charge in [0, 0.05) is 32.2 Å². The van der Waals surface area contributed by atoms with Crippen molar-refractivity contribution < 1.29 is 14.6 Å². The molecule has 4 N–H and O–H groups in total. The number of morpholine rings is 1. The summed E-state index contributed by atoms with van der Waals surface area (Å²) in [5.74, 6) is 1.12. The summed E-state index contributed by atoms with van der Waals surface area (Å²) in [6, 6.07) is 0.103. The molecule has 3 rings (SSSR count). The maximum Gasteiger partial charge on any atom is 0.407 e. The van der Waals surface area contributed by atoms with Gasteiger partial charge in [0.2, 0.25) is 5.28 Å². The summed E-state index contributed by atoms with van der Waals surface area (Å²) in [5.41, 5.74) is 6.70. The number of halogens is 1. The summed E-state index contributed by atoms with van der Waals surface area (Å²) in [7, 11) is 0. The van der Waals surface area contributed by atoms with Gasteiger partial charge in [-0.2, -0.15) is 9.97 Å². The van der Waals surface area contributed by atoms with E-state index in [4.69, 9.17) is 27.2 Å². The van der Waals surface area contributed by atoms with E-state index in [-0.39, 0.29) is 11.3 Å². The number of likely N-dealkylation sites (tertiary alicyclic amines) is 1. The van der Waals surface area contributed by atoms with Crippen LogP contribution in [0.4, 0.5) is 22.1 Å². The van der Waals surface area contributed by atoms with E-state index in [1.165, 1.54) is 4.90 Å². The fraction of sp³-hybridized carbons (Fsp3) is 0.643. The predicted molar refractivity (Wildman–Crippen MR) is 90.7 cm³/mol. The van der Waals surface area contributed by atoms with E-state index < -0.39 is 6.09 Å². The molecule has 3 heterocycles. The molecule has 1 amide bonds. The average Bonchev–Trinajstić information content (AvgIpc) is 2.59. The van der Waals surface area contributed by atoms with E-state index in [0.717, 1.165) is 0 Å². The standard InChI is InChI=1S/C14H21ClN6O3/c15-13-18-11(17-9-1-3-21(4-2-9)14(22)23)10(16)12(19-13)20-5-7-24-8-6-20/h9H,1-8,16H2,(H,22,23)(H,17,18,19). The highest BCUT2D eigenvalue weighted by Gasteiger charge is 2.25. The summed E-state index contributed by atoms with van der Waals surface area (Å²) >= 11 is 6.06. The number of ether oxygens (including phenoxy) is 1. The fourth-order valence-corrected chi connectivity index (χ4v) is 3.13. The number of hydrogen-bond donors (Lipinski definition) is 3. The van der Waals surface area contributed by atoms with E-state index in [0.29, 0.717) is 69.6 Å². The number of piperidine rings is 1. The van der Waals surface area contributed by atoms with Crippen molar-refractivity contribution in [3.8, 4) is 0 Å². The zero-order valence-corrected chi connectivity index (χ0v) is 14.0. The maximum atomic E-state index is 11.0. The van der Waals surface area contributed by atoms with Crippen molar-refractivity contribution >= 4 is 35.0 Å². The summed E-state index contributed by atoms with van der Waals surface area (Å²) < 4.78 is 5.35. The molecule has 2 fully saturated rings. The minimum atomic E-state index is -0.882. The first-order valence-electron chi connectivity index (χ1n) is 7.94. The second kappa shape index (κ2) is 7.27. The lowest BCUT2D eigenvalue weighted by Crippen LogP contribution is -2.42. The minimum absolute atomic E-state index is 0.103. The number of amides is 1. The number of hydrogen-bond acceptors (Lipinski definition) is 7. The van der Waals surface area contributed by atoms with Crippen LogP contribution >= 0.6 is 11.6 Å². The Morgan fingerprint density at radius 3 is 2.54 bits per heavy atom. The Kier molecular flexibility index (Phi) is 5.10. The van der Waals surface area contributed by atoms with Crippen molar-refractivity contribution in [3.05, 3.63) is 5.28 Å². The maximum absolute atomic E-state index is 11.0. The SMILES string of the molecule is Nc1c(NC2CCN(C(=O)O)CC2)nc(Cl)nc1N1CCOCC1. The first-order valence-corrected chi connectivity index (χ1v) is 8.32. The van der Waals surface area contributed by atoms with Crippen molar-refractivity contribution in [3.63, 3.8) is 0 Å². The van der Waals surface area contributed by atoms with Crippen LogP contribution in [-0.2, 0) is 4.74 Å². The molecular weight excluding hydrogens is 336 g/mol. The second-order valence-corrected chi connectivity index (χ2v) is 6.20. The quantitative estimate of drug-likeness (QED) is 0.689. The number of aromatic nitrogens is 2. The smallest absolute Gasteiger partial charge is 0.407 e. The van der Waals surface area contributed by atoms with Crippen molar-refractivity contribution in [2.75, 3.05) is 55.3 Å². The number of carbonyl (C=O) groups is 1. The number of nitrogen functional groups attached to an aromatic ring is 1. The summed E-state index contributed by atoms with van der Waals surface area (Å²) in [5, 5.41) is 12.4. The number of anilines is 3. The van der Waals surface area contributed by atoms with Gasteiger partial charge in [-0.15, -0.1) is 0 Å². The van der Waals surface area contributed by atoms with E-state index in [9.17, 15) is 4.79 Å². The molecule has 0 aromatic carbocycles. The number of rotatable bonds is 3. The molecule has 2 saturated heterocycles. The Balaban J connectivity index is 1.71. The molecule has 0 saturated carbocycles. The number of nitrogens with zero attached hydrogens (tertiary/aromatic N) is 4. The Morgan fingerprint density at radius 1 is 1.25 bits per heavy atom. The number of nitrogens with two attached hydrogens (primary N) is 1. The highest BCUT2D eigenvalue weighted by Crippen LogP contribution is 2.30. The van der Waals surface area contributed by atoms with Crippen molar-refractivity contribution in [2.45, 2.75) is 18.9 Å². The molecular formula is C14H21ClN6O3. The van der Waals surface area contributed by atoms with Crippen LogP contribution in [0.2, 0.25) is 5.28 Å². The van der Waals surface area contributed by atoms with E-state index in [1.807, 2.05) is 4.90 Å². The molecule has 24 heavy (non-hydrogen) atoms. The normalized spacial score (nSPS) is 19.4. The topological polar surface area (TPSA) is 117 Å². The van der Waals surface area contributed by atoms with Gasteiger partial charge < -0.3 is 30.7 Å². The second-order valence-electron chi connectivity index (χ2n) is 5.87. The van der Waals surface area contributed by atoms with Crippen LogP contribution < -0.4 is 16.0 Å². The van der Waals surface area contributed by atoms with Gasteiger partial charge >= 0.3 is 6.09 Å². The van der Waals surface area contributed by atoms with Crippen molar-refractivity contribution in [2.24, 2.45) is 0 Å². The van der Waals surface area contributed by atoms with Gasteiger partial charge in [0.05, 0.1) is 13.2 Å². The van der Waals surface area contributed by atoms with Gasteiger partial charge in [0.15, 0.2) is 11.6 Å². The van der Waals surface area contributed by atoms with Gasteiger partial charge in [-0.1, -0.05) is 0 Å². The Labute approximate surface area is 144 Å². The number of nitrogens with one attached hydrogen (secondary N) is 1. The molecule has 0 bridgehead atoms.